The number of carbonyl (C=O) groups excluding carboxylic acids is 2. The average Bonchev–Trinajstić information content (AvgIpc) is 3.21. The summed E-state index contributed by atoms with van der Waals surface area (Å²) in [6.07, 6.45) is 1.75. The second-order valence-electron chi connectivity index (χ2n) is 7.82. The average molecular weight is 428 g/mol. The van der Waals surface area contributed by atoms with Gasteiger partial charge in [-0.1, -0.05) is 60.2 Å². The van der Waals surface area contributed by atoms with E-state index in [0.29, 0.717) is 13.2 Å². The molecule has 3 aromatic carbocycles. The summed E-state index contributed by atoms with van der Waals surface area (Å²) in [6, 6.07) is 25.1. The Hall–Kier alpha value is -3.93. The first kappa shape index (κ1) is 21.3. The SMILES string of the molecule is Cc1ccc(N2C[C@H](C(=O)N/N=C/c3cccc(OCc4ccccc4)c3)CC2=O)cc1. The molecule has 1 N–H and O–H groups in total. The van der Waals surface area contributed by atoms with Crippen molar-refractivity contribution in [3.63, 3.8) is 0 Å². The summed E-state index contributed by atoms with van der Waals surface area (Å²) in [5.74, 6) is -0.0253. The van der Waals surface area contributed by atoms with Crippen molar-refractivity contribution >= 4 is 23.7 Å². The standard InChI is InChI=1S/C26H25N3O3/c1-19-10-12-23(13-11-19)29-17-22(15-25(29)30)26(31)28-27-16-21-8-5-9-24(14-21)32-18-20-6-3-2-4-7-20/h2-14,16,22H,15,17-18H2,1H3,(H,28,31)/b27-16+/t22-/m1/s1. The van der Waals surface area contributed by atoms with Crippen molar-refractivity contribution in [2.45, 2.75) is 20.0 Å². The van der Waals surface area contributed by atoms with Crippen molar-refractivity contribution in [1.29, 1.82) is 0 Å². The molecule has 0 bridgehead atoms. The van der Waals surface area contributed by atoms with E-state index in [1.807, 2.05) is 85.8 Å². The Morgan fingerprint density at radius 2 is 1.88 bits per heavy atom. The highest BCUT2D eigenvalue weighted by molar-refractivity contribution is 6.00. The van der Waals surface area contributed by atoms with Gasteiger partial charge < -0.3 is 9.64 Å². The van der Waals surface area contributed by atoms with Crippen molar-refractivity contribution < 1.29 is 14.3 Å². The van der Waals surface area contributed by atoms with Gasteiger partial charge in [0.05, 0.1) is 12.1 Å². The lowest BCUT2D eigenvalue weighted by atomic mass is 10.1. The third-order valence-corrected chi connectivity index (χ3v) is 5.34. The van der Waals surface area contributed by atoms with Gasteiger partial charge in [-0.15, -0.1) is 0 Å². The first-order chi connectivity index (χ1) is 15.6. The first-order valence-electron chi connectivity index (χ1n) is 10.6. The van der Waals surface area contributed by atoms with Crippen LogP contribution in [0.15, 0.2) is 84.0 Å². The van der Waals surface area contributed by atoms with E-state index in [2.05, 4.69) is 10.5 Å². The maximum absolute atomic E-state index is 12.5. The predicted molar refractivity (Wildman–Crippen MR) is 125 cm³/mol. The normalized spacial score (nSPS) is 15.8. The molecule has 32 heavy (non-hydrogen) atoms. The smallest absolute Gasteiger partial charge is 0.245 e. The van der Waals surface area contributed by atoms with Crippen LogP contribution in [0.4, 0.5) is 5.69 Å². The zero-order valence-corrected chi connectivity index (χ0v) is 17.9. The van der Waals surface area contributed by atoms with Crippen LogP contribution in [-0.4, -0.2) is 24.6 Å². The minimum absolute atomic E-state index is 0.0544. The number of rotatable bonds is 7. The van der Waals surface area contributed by atoms with Crippen molar-refractivity contribution in [3.05, 3.63) is 95.6 Å². The Bertz CT molecular complexity index is 1110. The molecule has 0 saturated carbocycles. The van der Waals surface area contributed by atoms with Gasteiger partial charge in [0.25, 0.3) is 0 Å². The van der Waals surface area contributed by atoms with Gasteiger partial charge in [0.15, 0.2) is 0 Å². The van der Waals surface area contributed by atoms with E-state index in [4.69, 9.17) is 4.74 Å². The number of amides is 2. The largest absolute Gasteiger partial charge is 0.489 e. The van der Waals surface area contributed by atoms with Crippen LogP contribution in [0.2, 0.25) is 0 Å². The van der Waals surface area contributed by atoms with Gasteiger partial charge in [-0.25, -0.2) is 5.43 Å². The van der Waals surface area contributed by atoms with Crippen molar-refractivity contribution in [3.8, 4) is 5.75 Å². The van der Waals surface area contributed by atoms with E-state index in [-0.39, 0.29) is 18.2 Å². The van der Waals surface area contributed by atoms with E-state index in [9.17, 15) is 9.59 Å². The molecular formula is C26H25N3O3. The summed E-state index contributed by atoms with van der Waals surface area (Å²) in [5.41, 5.74) is 6.39. The molecule has 162 valence electrons. The summed E-state index contributed by atoms with van der Waals surface area (Å²) >= 11 is 0. The van der Waals surface area contributed by atoms with E-state index in [0.717, 1.165) is 28.1 Å². The minimum atomic E-state index is -0.429. The van der Waals surface area contributed by atoms with Crippen LogP contribution in [0.5, 0.6) is 5.75 Å². The fourth-order valence-corrected chi connectivity index (χ4v) is 3.54. The minimum Gasteiger partial charge on any atom is -0.489 e. The van der Waals surface area contributed by atoms with Crippen LogP contribution in [0, 0.1) is 12.8 Å². The molecule has 3 aromatic rings. The molecule has 4 rings (SSSR count). The van der Waals surface area contributed by atoms with Gasteiger partial charge in [-0.3, -0.25) is 9.59 Å². The highest BCUT2D eigenvalue weighted by Crippen LogP contribution is 2.25. The number of ether oxygens (including phenoxy) is 1. The fourth-order valence-electron chi connectivity index (χ4n) is 3.54. The van der Waals surface area contributed by atoms with Crippen molar-refractivity contribution in [1.82, 2.24) is 5.43 Å². The molecule has 1 aliphatic rings. The summed E-state index contributed by atoms with van der Waals surface area (Å²) < 4.78 is 5.82. The Morgan fingerprint density at radius 1 is 1.09 bits per heavy atom. The summed E-state index contributed by atoms with van der Waals surface area (Å²) in [5, 5.41) is 4.07. The lowest BCUT2D eigenvalue weighted by Gasteiger charge is -2.16. The van der Waals surface area contributed by atoms with Crippen LogP contribution in [0.3, 0.4) is 0 Å². The summed E-state index contributed by atoms with van der Waals surface area (Å²) in [4.78, 5) is 26.5. The third kappa shape index (κ3) is 5.40. The van der Waals surface area contributed by atoms with Crippen LogP contribution < -0.4 is 15.1 Å². The number of anilines is 1. The molecule has 1 saturated heterocycles. The van der Waals surface area contributed by atoms with E-state index in [1.165, 1.54) is 0 Å². The molecule has 1 atom stereocenters. The molecule has 2 amide bonds. The molecule has 1 heterocycles. The maximum Gasteiger partial charge on any atom is 0.245 e. The first-order valence-corrected chi connectivity index (χ1v) is 10.6. The lowest BCUT2D eigenvalue weighted by Crippen LogP contribution is -2.30. The van der Waals surface area contributed by atoms with E-state index >= 15 is 0 Å². The molecular weight excluding hydrogens is 402 g/mol. The maximum atomic E-state index is 12.5. The quantitative estimate of drug-likeness (QED) is 0.456. The Balaban J connectivity index is 1.30. The zero-order chi connectivity index (χ0) is 22.3. The molecule has 1 fully saturated rings. The highest BCUT2D eigenvalue weighted by atomic mass is 16.5. The van der Waals surface area contributed by atoms with Gasteiger partial charge in [-0.05, 0) is 42.3 Å². The molecule has 1 aliphatic heterocycles. The number of aryl methyl sites for hydroxylation is 1. The van der Waals surface area contributed by atoms with E-state index < -0.39 is 5.92 Å². The second kappa shape index (κ2) is 9.92. The monoisotopic (exact) mass is 427 g/mol. The number of carbonyl (C=O) groups is 2. The third-order valence-electron chi connectivity index (χ3n) is 5.34. The van der Waals surface area contributed by atoms with E-state index in [1.54, 1.807) is 11.1 Å². The van der Waals surface area contributed by atoms with Gasteiger partial charge in [0, 0.05) is 18.7 Å². The number of nitrogens with one attached hydrogen (secondary N) is 1. The highest BCUT2D eigenvalue weighted by Gasteiger charge is 2.35. The Labute approximate surface area is 187 Å². The summed E-state index contributed by atoms with van der Waals surface area (Å²) in [6.45, 7) is 2.83. The molecule has 0 radical (unpaired) electrons. The lowest BCUT2D eigenvalue weighted by molar-refractivity contribution is -0.126. The zero-order valence-electron chi connectivity index (χ0n) is 17.9. The Morgan fingerprint density at radius 3 is 2.66 bits per heavy atom. The fraction of sp³-hybridized carbons (Fsp3) is 0.192. The molecule has 0 unspecified atom stereocenters. The van der Waals surface area contributed by atoms with Gasteiger partial charge in [0.2, 0.25) is 11.8 Å². The number of hydrogen-bond acceptors (Lipinski definition) is 4. The molecule has 6 nitrogen and oxygen atoms in total. The van der Waals surface area contributed by atoms with Crippen LogP contribution in [0.25, 0.3) is 0 Å². The number of nitrogens with zero attached hydrogens (tertiary/aromatic N) is 2. The topological polar surface area (TPSA) is 71.0 Å². The van der Waals surface area contributed by atoms with Gasteiger partial charge >= 0.3 is 0 Å². The number of hydrazone groups is 1. The molecule has 6 heteroatoms. The van der Waals surface area contributed by atoms with Crippen LogP contribution in [0.1, 0.15) is 23.1 Å². The summed E-state index contributed by atoms with van der Waals surface area (Å²) in [7, 11) is 0. The Kier molecular flexibility index (Phi) is 6.60. The number of hydrogen-bond donors (Lipinski definition) is 1. The second-order valence-corrected chi connectivity index (χ2v) is 7.82. The molecule has 0 aromatic heterocycles. The molecule has 0 spiro atoms. The van der Waals surface area contributed by atoms with Crippen LogP contribution in [-0.2, 0) is 16.2 Å². The van der Waals surface area contributed by atoms with Gasteiger partial charge in [0.1, 0.15) is 12.4 Å². The number of benzene rings is 3. The van der Waals surface area contributed by atoms with Crippen molar-refractivity contribution in [2.75, 3.05) is 11.4 Å². The van der Waals surface area contributed by atoms with Crippen molar-refractivity contribution in [2.24, 2.45) is 11.0 Å². The van der Waals surface area contributed by atoms with Crippen LogP contribution >= 0.6 is 0 Å². The molecule has 0 aliphatic carbocycles. The predicted octanol–water partition coefficient (Wildman–Crippen LogP) is 4.08. The van der Waals surface area contributed by atoms with Gasteiger partial charge in [-0.2, -0.15) is 5.10 Å².